The highest BCUT2D eigenvalue weighted by molar-refractivity contribution is 6.32. The highest BCUT2D eigenvalue weighted by Gasteiger charge is 2.25. The number of nitrogens with one attached hydrogen (secondary N) is 1. The summed E-state index contributed by atoms with van der Waals surface area (Å²) >= 11 is 6.12. The first-order chi connectivity index (χ1) is 12.7. The normalized spacial score (nSPS) is 16.7. The van der Waals surface area contributed by atoms with E-state index in [1.54, 1.807) is 18.3 Å². The molecule has 0 saturated carbocycles. The van der Waals surface area contributed by atoms with Gasteiger partial charge in [-0.1, -0.05) is 29.8 Å². The number of para-hydroxylation sites is 1. The molecule has 1 saturated heterocycles. The van der Waals surface area contributed by atoms with Gasteiger partial charge in [0.25, 0.3) is 5.91 Å². The van der Waals surface area contributed by atoms with E-state index in [4.69, 9.17) is 16.3 Å². The summed E-state index contributed by atoms with van der Waals surface area (Å²) in [6, 6.07) is 13.2. The Morgan fingerprint density at radius 2 is 2.00 bits per heavy atom. The Balaban J connectivity index is 0.00000261. The van der Waals surface area contributed by atoms with E-state index in [0.717, 1.165) is 38.0 Å². The second kappa shape index (κ2) is 11.1. The fourth-order valence-corrected chi connectivity index (χ4v) is 3.37. The number of aromatic nitrogens is 1. The van der Waals surface area contributed by atoms with Gasteiger partial charge in [-0.3, -0.25) is 9.78 Å². The molecule has 7 heteroatoms. The van der Waals surface area contributed by atoms with Gasteiger partial charge >= 0.3 is 0 Å². The second-order valence-corrected chi connectivity index (χ2v) is 6.80. The summed E-state index contributed by atoms with van der Waals surface area (Å²) < 4.78 is 5.68. The van der Waals surface area contributed by atoms with Crippen molar-refractivity contribution in [1.82, 2.24) is 15.2 Å². The van der Waals surface area contributed by atoms with Crippen LogP contribution in [0.25, 0.3) is 0 Å². The Hall–Kier alpha value is -1.82. The minimum absolute atomic E-state index is 0. The van der Waals surface area contributed by atoms with E-state index >= 15 is 0 Å². The van der Waals surface area contributed by atoms with Crippen LogP contribution in [-0.2, 0) is 11.3 Å². The van der Waals surface area contributed by atoms with E-state index in [2.05, 4.69) is 10.3 Å². The molecule has 1 aliphatic rings. The molecule has 2 heterocycles. The average Bonchev–Trinajstić information content (AvgIpc) is 2.95. The summed E-state index contributed by atoms with van der Waals surface area (Å²) in [5.74, 6) is 0.491. The Morgan fingerprint density at radius 3 is 2.78 bits per heavy atom. The zero-order chi connectivity index (χ0) is 18.2. The number of carbonyl (C=O) groups is 1. The molecular weight excluding hydrogens is 385 g/mol. The molecule has 1 aliphatic heterocycles. The first-order valence-electron chi connectivity index (χ1n) is 9.01. The molecule has 1 aromatic heterocycles. The lowest BCUT2D eigenvalue weighted by Crippen LogP contribution is -2.43. The van der Waals surface area contributed by atoms with Crippen molar-refractivity contribution in [1.29, 1.82) is 0 Å². The van der Waals surface area contributed by atoms with Crippen LogP contribution in [0.5, 0.6) is 5.75 Å². The lowest BCUT2D eigenvalue weighted by Gasteiger charge is -2.31. The standard InChI is InChI=1S/C20H24ClN3O2.ClH/c21-18-8-1-2-9-19(18)26-15-20(25)24(14-16-6-3-4-12-23-16)17-7-5-11-22-13-10-17;/h1-4,6,8-9,12,17,22H,5,7,10-11,13-15H2;1H. The van der Waals surface area contributed by atoms with E-state index in [9.17, 15) is 4.79 Å². The highest BCUT2D eigenvalue weighted by atomic mass is 35.5. The van der Waals surface area contributed by atoms with Crippen molar-refractivity contribution in [2.75, 3.05) is 19.7 Å². The number of carbonyl (C=O) groups excluding carboxylic acids is 1. The number of amides is 1. The third-order valence-corrected chi connectivity index (χ3v) is 4.86. The van der Waals surface area contributed by atoms with Crippen molar-refractivity contribution in [2.24, 2.45) is 0 Å². The van der Waals surface area contributed by atoms with Crippen molar-refractivity contribution >= 4 is 29.9 Å². The highest BCUT2D eigenvalue weighted by Crippen LogP contribution is 2.23. The van der Waals surface area contributed by atoms with Gasteiger partial charge in [0.2, 0.25) is 0 Å². The van der Waals surface area contributed by atoms with Crippen LogP contribution in [-0.4, -0.2) is 41.5 Å². The van der Waals surface area contributed by atoms with Crippen LogP contribution in [0.1, 0.15) is 25.0 Å². The maximum atomic E-state index is 13.0. The molecule has 0 bridgehead atoms. The predicted molar refractivity (Wildman–Crippen MR) is 109 cm³/mol. The van der Waals surface area contributed by atoms with Crippen molar-refractivity contribution in [3.05, 3.63) is 59.4 Å². The lowest BCUT2D eigenvalue weighted by molar-refractivity contribution is -0.136. The minimum atomic E-state index is -0.0394. The minimum Gasteiger partial charge on any atom is -0.482 e. The number of hydrogen-bond donors (Lipinski definition) is 1. The molecule has 0 radical (unpaired) electrons. The molecule has 1 atom stereocenters. The van der Waals surface area contributed by atoms with Gasteiger partial charge in [-0.2, -0.15) is 0 Å². The molecule has 27 heavy (non-hydrogen) atoms. The summed E-state index contributed by atoms with van der Waals surface area (Å²) in [7, 11) is 0. The second-order valence-electron chi connectivity index (χ2n) is 6.40. The molecule has 0 aliphatic carbocycles. The fraction of sp³-hybridized carbons (Fsp3) is 0.400. The molecule has 0 spiro atoms. The van der Waals surface area contributed by atoms with E-state index in [-0.39, 0.29) is 31.0 Å². The van der Waals surface area contributed by atoms with Gasteiger partial charge < -0.3 is 15.0 Å². The number of ether oxygens (including phenoxy) is 1. The number of rotatable bonds is 6. The summed E-state index contributed by atoms with van der Waals surface area (Å²) in [5.41, 5.74) is 0.885. The zero-order valence-corrected chi connectivity index (χ0v) is 16.7. The quantitative estimate of drug-likeness (QED) is 0.789. The van der Waals surface area contributed by atoms with Crippen molar-refractivity contribution in [3.8, 4) is 5.75 Å². The molecule has 3 rings (SSSR count). The first-order valence-corrected chi connectivity index (χ1v) is 9.39. The zero-order valence-electron chi connectivity index (χ0n) is 15.1. The average molecular weight is 410 g/mol. The summed E-state index contributed by atoms with van der Waals surface area (Å²) in [6.45, 7) is 2.39. The lowest BCUT2D eigenvalue weighted by atomic mass is 10.1. The van der Waals surface area contributed by atoms with Gasteiger partial charge in [0, 0.05) is 12.2 Å². The van der Waals surface area contributed by atoms with Gasteiger partial charge in [-0.05, 0) is 56.6 Å². The van der Waals surface area contributed by atoms with Crippen molar-refractivity contribution in [3.63, 3.8) is 0 Å². The van der Waals surface area contributed by atoms with Crippen LogP contribution in [0.3, 0.4) is 0 Å². The molecule has 1 unspecified atom stereocenters. The molecule has 5 nitrogen and oxygen atoms in total. The van der Waals surface area contributed by atoms with Crippen LogP contribution in [0.4, 0.5) is 0 Å². The van der Waals surface area contributed by atoms with Gasteiger partial charge in [0.05, 0.1) is 17.3 Å². The Kier molecular flexibility index (Phi) is 8.85. The summed E-state index contributed by atoms with van der Waals surface area (Å²) in [6.07, 6.45) is 4.73. The number of pyridine rings is 1. The van der Waals surface area contributed by atoms with Crippen LogP contribution in [0, 0.1) is 0 Å². The molecule has 1 fully saturated rings. The smallest absolute Gasteiger partial charge is 0.261 e. The first kappa shape index (κ1) is 21.5. The third kappa shape index (κ3) is 6.38. The van der Waals surface area contributed by atoms with Crippen LogP contribution < -0.4 is 10.1 Å². The van der Waals surface area contributed by atoms with Gasteiger partial charge in [-0.25, -0.2) is 0 Å². The molecule has 146 valence electrons. The van der Waals surface area contributed by atoms with E-state index < -0.39 is 0 Å². The largest absolute Gasteiger partial charge is 0.482 e. The predicted octanol–water partition coefficient (Wildman–Crippen LogP) is 3.71. The van der Waals surface area contributed by atoms with Gasteiger partial charge in [0.1, 0.15) is 5.75 Å². The van der Waals surface area contributed by atoms with E-state index in [1.807, 2.05) is 35.2 Å². The monoisotopic (exact) mass is 409 g/mol. The summed E-state index contributed by atoms with van der Waals surface area (Å²) in [5, 5.41) is 3.91. The van der Waals surface area contributed by atoms with Gasteiger partial charge in [-0.15, -0.1) is 12.4 Å². The number of benzene rings is 1. The Bertz CT molecular complexity index is 707. The third-order valence-electron chi connectivity index (χ3n) is 4.55. The Labute approximate surface area is 171 Å². The molecule has 1 aromatic carbocycles. The molecule has 2 aromatic rings. The van der Waals surface area contributed by atoms with E-state index in [0.29, 0.717) is 17.3 Å². The van der Waals surface area contributed by atoms with Crippen molar-refractivity contribution < 1.29 is 9.53 Å². The topological polar surface area (TPSA) is 54.5 Å². The number of nitrogens with zero attached hydrogens (tertiary/aromatic N) is 2. The Morgan fingerprint density at radius 1 is 1.19 bits per heavy atom. The SMILES string of the molecule is Cl.O=C(COc1ccccc1Cl)N(Cc1ccccn1)C1CCCNCC1. The van der Waals surface area contributed by atoms with Crippen LogP contribution in [0.15, 0.2) is 48.7 Å². The molecule has 1 amide bonds. The summed E-state index contributed by atoms with van der Waals surface area (Å²) in [4.78, 5) is 19.2. The molecular formula is C20H25Cl2N3O2. The van der Waals surface area contributed by atoms with E-state index in [1.165, 1.54) is 0 Å². The van der Waals surface area contributed by atoms with Crippen LogP contribution >= 0.6 is 24.0 Å². The molecule has 1 N–H and O–H groups in total. The fourth-order valence-electron chi connectivity index (χ4n) is 3.18. The van der Waals surface area contributed by atoms with Crippen LogP contribution in [0.2, 0.25) is 5.02 Å². The number of halogens is 2. The maximum Gasteiger partial charge on any atom is 0.261 e. The number of hydrogen-bond acceptors (Lipinski definition) is 4. The van der Waals surface area contributed by atoms with Gasteiger partial charge in [0.15, 0.2) is 6.61 Å². The van der Waals surface area contributed by atoms with Crippen molar-refractivity contribution in [2.45, 2.75) is 31.8 Å². The maximum absolute atomic E-state index is 13.0.